The van der Waals surface area contributed by atoms with Gasteiger partial charge in [-0.25, -0.2) is 8.78 Å². The average molecular weight is 382 g/mol. The van der Waals surface area contributed by atoms with E-state index < -0.39 is 11.6 Å². The number of nitrogens with zero attached hydrogens (tertiary/aromatic N) is 2. The average Bonchev–Trinajstić information content (AvgIpc) is 2.65. The molecule has 0 unspecified atom stereocenters. The molecule has 0 saturated heterocycles. The minimum Gasteiger partial charge on any atom is -0.351 e. The molecule has 2 N–H and O–H groups in total. The van der Waals surface area contributed by atoms with Gasteiger partial charge >= 0.3 is 0 Å². The first-order chi connectivity index (χ1) is 13.4. The van der Waals surface area contributed by atoms with Gasteiger partial charge in [-0.2, -0.15) is 0 Å². The van der Waals surface area contributed by atoms with E-state index in [0.29, 0.717) is 23.5 Å². The van der Waals surface area contributed by atoms with Crippen LogP contribution in [0.2, 0.25) is 0 Å². The molecular formula is C21H20F2N4O. The number of benzene rings is 2. The van der Waals surface area contributed by atoms with E-state index in [-0.39, 0.29) is 11.6 Å². The summed E-state index contributed by atoms with van der Waals surface area (Å²) in [6.07, 6.45) is 1.52. The van der Waals surface area contributed by atoms with Crippen LogP contribution in [0.25, 0.3) is 0 Å². The molecule has 3 aromatic rings. The molecule has 0 bridgehead atoms. The molecule has 0 saturated carbocycles. The topological polar surface area (TPSA) is 57.3 Å². The predicted molar refractivity (Wildman–Crippen MR) is 106 cm³/mol. The van der Waals surface area contributed by atoms with Gasteiger partial charge in [-0.1, -0.05) is 12.1 Å². The highest BCUT2D eigenvalue weighted by Gasteiger charge is 2.11. The first-order valence-corrected chi connectivity index (χ1v) is 8.64. The van der Waals surface area contributed by atoms with Crippen molar-refractivity contribution < 1.29 is 13.6 Å². The molecule has 0 spiro atoms. The fraction of sp³-hybridized carbons (Fsp3) is 0.143. The maximum absolute atomic E-state index is 13.9. The van der Waals surface area contributed by atoms with Crippen LogP contribution in [0.1, 0.15) is 16.1 Å². The molecule has 3 rings (SSSR count). The number of halogens is 2. The summed E-state index contributed by atoms with van der Waals surface area (Å²) in [5.41, 5.74) is 2.32. The summed E-state index contributed by atoms with van der Waals surface area (Å²) < 4.78 is 27.0. The van der Waals surface area contributed by atoms with Gasteiger partial charge in [0.25, 0.3) is 5.91 Å². The highest BCUT2D eigenvalue weighted by molar-refractivity contribution is 6.05. The molecule has 28 heavy (non-hydrogen) atoms. The van der Waals surface area contributed by atoms with Gasteiger partial charge in [0.1, 0.15) is 11.6 Å². The fourth-order valence-corrected chi connectivity index (χ4v) is 2.61. The lowest BCUT2D eigenvalue weighted by Crippen LogP contribution is -2.15. The Kier molecular flexibility index (Phi) is 5.96. The van der Waals surface area contributed by atoms with Gasteiger partial charge in [-0.15, -0.1) is 0 Å². The summed E-state index contributed by atoms with van der Waals surface area (Å²) in [4.78, 5) is 18.8. The number of rotatable bonds is 6. The molecule has 2 aromatic carbocycles. The number of aromatic nitrogens is 1. The molecule has 0 fully saturated rings. The van der Waals surface area contributed by atoms with Gasteiger partial charge in [0.2, 0.25) is 0 Å². The van der Waals surface area contributed by atoms with Crippen LogP contribution < -0.4 is 10.6 Å². The number of carbonyl (C=O) groups excluding carboxylic acids is 1. The van der Waals surface area contributed by atoms with Crippen molar-refractivity contribution in [3.8, 4) is 0 Å². The monoisotopic (exact) mass is 382 g/mol. The Balaban J connectivity index is 1.76. The highest BCUT2D eigenvalue weighted by atomic mass is 19.1. The van der Waals surface area contributed by atoms with E-state index in [4.69, 9.17) is 0 Å². The summed E-state index contributed by atoms with van der Waals surface area (Å²) in [5, 5.41) is 5.67. The SMILES string of the molecule is CN(C)Cc1ccc(C(=O)Nc2ccccc2Nc2ccc(F)cc2F)cn1. The second-order valence-electron chi connectivity index (χ2n) is 6.52. The van der Waals surface area contributed by atoms with Crippen LogP contribution in [0.5, 0.6) is 0 Å². The van der Waals surface area contributed by atoms with E-state index in [1.165, 1.54) is 12.3 Å². The normalized spacial score (nSPS) is 10.8. The molecule has 7 heteroatoms. The molecule has 1 aromatic heterocycles. The molecule has 0 aliphatic rings. The third-order valence-electron chi connectivity index (χ3n) is 3.94. The van der Waals surface area contributed by atoms with Crippen molar-refractivity contribution in [3.05, 3.63) is 83.7 Å². The minimum atomic E-state index is -0.721. The van der Waals surface area contributed by atoms with Crippen LogP contribution in [0, 0.1) is 11.6 Å². The summed E-state index contributed by atoms with van der Waals surface area (Å²) in [5.74, 6) is -1.71. The van der Waals surface area contributed by atoms with Gasteiger partial charge in [0, 0.05) is 18.8 Å². The van der Waals surface area contributed by atoms with E-state index in [9.17, 15) is 13.6 Å². The Morgan fingerprint density at radius 1 is 1.00 bits per heavy atom. The van der Waals surface area contributed by atoms with Crippen LogP contribution in [-0.2, 0) is 6.54 Å². The quantitative estimate of drug-likeness (QED) is 0.663. The summed E-state index contributed by atoms with van der Waals surface area (Å²) >= 11 is 0. The van der Waals surface area contributed by atoms with Gasteiger partial charge in [0.05, 0.1) is 28.3 Å². The van der Waals surface area contributed by atoms with Crippen LogP contribution in [-0.4, -0.2) is 29.9 Å². The standard InChI is InChI=1S/C21H20F2N4O/c1-27(2)13-16-9-7-14(12-24-16)21(28)26-20-6-4-3-5-19(20)25-18-10-8-15(22)11-17(18)23/h3-12,25H,13H2,1-2H3,(H,26,28). The van der Waals surface area contributed by atoms with Gasteiger partial charge < -0.3 is 15.5 Å². The number of hydrogen-bond acceptors (Lipinski definition) is 4. The molecule has 1 amide bonds. The number of amides is 1. The second kappa shape index (κ2) is 8.58. The molecule has 0 aliphatic heterocycles. The van der Waals surface area contributed by atoms with E-state index in [0.717, 1.165) is 17.8 Å². The number of nitrogens with one attached hydrogen (secondary N) is 2. The first kappa shape index (κ1) is 19.4. The second-order valence-corrected chi connectivity index (χ2v) is 6.52. The van der Waals surface area contributed by atoms with Crippen LogP contribution >= 0.6 is 0 Å². The van der Waals surface area contributed by atoms with Gasteiger partial charge in [0.15, 0.2) is 0 Å². The van der Waals surface area contributed by atoms with Crippen molar-refractivity contribution in [2.45, 2.75) is 6.54 Å². The lowest BCUT2D eigenvalue weighted by molar-refractivity contribution is 0.102. The predicted octanol–water partition coefficient (Wildman–Crippen LogP) is 4.42. The Bertz CT molecular complexity index is 974. The number of carbonyl (C=O) groups is 1. The zero-order valence-corrected chi connectivity index (χ0v) is 15.5. The Morgan fingerprint density at radius 2 is 1.75 bits per heavy atom. The highest BCUT2D eigenvalue weighted by Crippen LogP contribution is 2.27. The van der Waals surface area contributed by atoms with E-state index in [1.807, 2.05) is 19.0 Å². The van der Waals surface area contributed by atoms with Crippen molar-refractivity contribution in [2.75, 3.05) is 24.7 Å². The van der Waals surface area contributed by atoms with E-state index in [1.54, 1.807) is 36.4 Å². The van der Waals surface area contributed by atoms with E-state index in [2.05, 4.69) is 15.6 Å². The third kappa shape index (κ3) is 4.89. The van der Waals surface area contributed by atoms with Gasteiger partial charge in [-0.05, 0) is 50.5 Å². The van der Waals surface area contributed by atoms with Gasteiger partial charge in [-0.3, -0.25) is 9.78 Å². The molecule has 0 atom stereocenters. The molecular weight excluding hydrogens is 362 g/mol. The lowest BCUT2D eigenvalue weighted by Gasteiger charge is -2.14. The van der Waals surface area contributed by atoms with E-state index >= 15 is 0 Å². The number of pyridine rings is 1. The summed E-state index contributed by atoms with van der Waals surface area (Å²) in [6, 6.07) is 13.6. The zero-order chi connectivity index (χ0) is 20.1. The van der Waals surface area contributed by atoms with Crippen LogP contribution in [0.4, 0.5) is 25.8 Å². The molecule has 0 aliphatic carbocycles. The molecule has 5 nitrogen and oxygen atoms in total. The Morgan fingerprint density at radius 3 is 2.39 bits per heavy atom. The maximum Gasteiger partial charge on any atom is 0.257 e. The zero-order valence-electron chi connectivity index (χ0n) is 15.5. The Labute approximate surface area is 162 Å². The van der Waals surface area contributed by atoms with Crippen molar-refractivity contribution in [3.63, 3.8) is 0 Å². The minimum absolute atomic E-state index is 0.109. The van der Waals surface area contributed by atoms with Crippen molar-refractivity contribution in [1.82, 2.24) is 9.88 Å². The van der Waals surface area contributed by atoms with Crippen molar-refractivity contribution >= 4 is 23.0 Å². The first-order valence-electron chi connectivity index (χ1n) is 8.64. The van der Waals surface area contributed by atoms with Crippen molar-refractivity contribution in [2.24, 2.45) is 0 Å². The maximum atomic E-state index is 13.9. The third-order valence-corrected chi connectivity index (χ3v) is 3.94. The number of para-hydroxylation sites is 2. The molecule has 0 radical (unpaired) electrons. The molecule has 144 valence electrons. The number of anilines is 3. The molecule has 1 heterocycles. The largest absolute Gasteiger partial charge is 0.351 e. The smallest absolute Gasteiger partial charge is 0.257 e. The van der Waals surface area contributed by atoms with Crippen molar-refractivity contribution in [1.29, 1.82) is 0 Å². The van der Waals surface area contributed by atoms with Crippen LogP contribution in [0.3, 0.4) is 0 Å². The summed E-state index contributed by atoms with van der Waals surface area (Å²) in [7, 11) is 3.88. The van der Waals surface area contributed by atoms with Crippen LogP contribution in [0.15, 0.2) is 60.8 Å². The fourth-order valence-electron chi connectivity index (χ4n) is 2.61. The Hall–Kier alpha value is -3.32. The summed E-state index contributed by atoms with van der Waals surface area (Å²) in [6.45, 7) is 0.678. The lowest BCUT2D eigenvalue weighted by atomic mass is 10.2. The number of hydrogen-bond donors (Lipinski definition) is 2.